The van der Waals surface area contributed by atoms with Crippen molar-refractivity contribution in [3.05, 3.63) is 29.8 Å². The van der Waals surface area contributed by atoms with Crippen molar-refractivity contribution in [1.82, 2.24) is 4.90 Å². The number of rotatable bonds is 2. The van der Waals surface area contributed by atoms with E-state index in [1.54, 1.807) is 7.11 Å². The molecule has 1 heterocycles. The molecule has 1 saturated heterocycles. The summed E-state index contributed by atoms with van der Waals surface area (Å²) in [5.41, 5.74) is 7.36. The number of nitrogens with two attached hydrogens (primary N) is 1. The van der Waals surface area contributed by atoms with Gasteiger partial charge < -0.3 is 15.4 Å². The highest BCUT2D eigenvalue weighted by molar-refractivity contribution is 5.38. The molecular weight excluding hydrogens is 188 g/mol. The molecule has 15 heavy (non-hydrogen) atoms. The van der Waals surface area contributed by atoms with Gasteiger partial charge in [-0.15, -0.1) is 0 Å². The SMILES string of the molecule is COc1ccccc1[C@H]1CN(C)C[C@@H]1N. The number of hydrogen-bond donors (Lipinski definition) is 1. The van der Waals surface area contributed by atoms with E-state index in [2.05, 4.69) is 18.0 Å². The molecule has 3 nitrogen and oxygen atoms in total. The normalized spacial score (nSPS) is 26.9. The lowest BCUT2D eigenvalue weighted by Gasteiger charge is -2.17. The summed E-state index contributed by atoms with van der Waals surface area (Å²) in [6, 6.07) is 8.37. The maximum absolute atomic E-state index is 6.13. The fraction of sp³-hybridized carbons (Fsp3) is 0.500. The van der Waals surface area contributed by atoms with E-state index in [9.17, 15) is 0 Å². The summed E-state index contributed by atoms with van der Waals surface area (Å²) in [7, 11) is 3.82. The second-order valence-corrected chi connectivity index (χ2v) is 4.23. The van der Waals surface area contributed by atoms with Crippen molar-refractivity contribution in [3.63, 3.8) is 0 Å². The number of likely N-dealkylation sites (tertiary alicyclic amines) is 1. The fourth-order valence-corrected chi connectivity index (χ4v) is 2.33. The van der Waals surface area contributed by atoms with Crippen LogP contribution < -0.4 is 10.5 Å². The minimum Gasteiger partial charge on any atom is -0.496 e. The van der Waals surface area contributed by atoms with Crippen LogP contribution in [0.15, 0.2) is 24.3 Å². The van der Waals surface area contributed by atoms with Crippen LogP contribution in [0, 0.1) is 0 Å². The molecule has 82 valence electrons. The number of methoxy groups -OCH3 is 1. The predicted molar refractivity (Wildman–Crippen MR) is 61.2 cm³/mol. The maximum atomic E-state index is 6.13. The molecular formula is C12H18N2O. The Morgan fingerprint density at radius 1 is 1.33 bits per heavy atom. The molecule has 0 aliphatic carbocycles. The molecule has 0 radical (unpaired) electrons. The summed E-state index contributed by atoms with van der Waals surface area (Å²) in [4.78, 5) is 2.27. The molecule has 1 aromatic rings. The monoisotopic (exact) mass is 206 g/mol. The summed E-state index contributed by atoms with van der Waals surface area (Å²) in [6.07, 6.45) is 0. The van der Waals surface area contributed by atoms with Gasteiger partial charge in [0.15, 0.2) is 0 Å². The molecule has 0 bridgehead atoms. The van der Waals surface area contributed by atoms with Gasteiger partial charge in [-0.3, -0.25) is 0 Å². The summed E-state index contributed by atoms with van der Waals surface area (Å²) in [5.74, 6) is 1.35. The first-order chi connectivity index (χ1) is 7.22. The Kier molecular flexibility index (Phi) is 2.93. The summed E-state index contributed by atoms with van der Waals surface area (Å²) in [6.45, 7) is 1.98. The molecule has 1 fully saturated rings. The zero-order chi connectivity index (χ0) is 10.8. The molecule has 1 aliphatic heterocycles. The molecule has 0 unspecified atom stereocenters. The van der Waals surface area contributed by atoms with E-state index >= 15 is 0 Å². The summed E-state index contributed by atoms with van der Waals surface area (Å²) in [5, 5.41) is 0. The molecule has 0 spiro atoms. The van der Waals surface area contributed by atoms with Gasteiger partial charge in [-0.1, -0.05) is 18.2 Å². The van der Waals surface area contributed by atoms with Crippen LogP contribution in [0.1, 0.15) is 11.5 Å². The Balaban J connectivity index is 2.29. The van der Waals surface area contributed by atoms with E-state index in [4.69, 9.17) is 10.5 Å². The van der Waals surface area contributed by atoms with Crippen LogP contribution in [0.2, 0.25) is 0 Å². The van der Waals surface area contributed by atoms with Crippen LogP contribution in [0.3, 0.4) is 0 Å². The molecule has 2 atom stereocenters. The molecule has 3 heteroatoms. The van der Waals surface area contributed by atoms with Crippen molar-refractivity contribution < 1.29 is 4.74 Å². The van der Waals surface area contributed by atoms with Crippen molar-refractivity contribution in [3.8, 4) is 5.75 Å². The zero-order valence-electron chi connectivity index (χ0n) is 9.31. The highest BCUT2D eigenvalue weighted by Crippen LogP contribution is 2.31. The Labute approximate surface area is 90.8 Å². The van der Waals surface area contributed by atoms with Crippen molar-refractivity contribution in [2.75, 3.05) is 27.2 Å². The van der Waals surface area contributed by atoms with E-state index in [-0.39, 0.29) is 6.04 Å². The Morgan fingerprint density at radius 3 is 2.67 bits per heavy atom. The Bertz CT molecular complexity index is 340. The van der Waals surface area contributed by atoms with Gasteiger partial charge in [-0.25, -0.2) is 0 Å². The van der Waals surface area contributed by atoms with E-state index in [1.807, 2.05) is 18.2 Å². The number of nitrogens with zero attached hydrogens (tertiary/aromatic N) is 1. The third kappa shape index (κ3) is 1.98. The average Bonchev–Trinajstić information content (AvgIpc) is 2.57. The van der Waals surface area contributed by atoms with Gasteiger partial charge in [0, 0.05) is 30.6 Å². The third-order valence-electron chi connectivity index (χ3n) is 3.09. The lowest BCUT2D eigenvalue weighted by Crippen LogP contribution is -2.28. The number of hydrogen-bond acceptors (Lipinski definition) is 3. The number of likely N-dealkylation sites (N-methyl/N-ethyl adjacent to an activating group) is 1. The minimum atomic E-state index is 0.214. The van der Waals surface area contributed by atoms with Gasteiger partial charge in [-0.05, 0) is 13.1 Å². The Morgan fingerprint density at radius 2 is 2.07 bits per heavy atom. The summed E-state index contributed by atoms with van der Waals surface area (Å²) >= 11 is 0. The first-order valence-electron chi connectivity index (χ1n) is 5.29. The number of benzene rings is 1. The topological polar surface area (TPSA) is 38.5 Å². The van der Waals surface area contributed by atoms with E-state index in [0.717, 1.165) is 18.8 Å². The van der Waals surface area contributed by atoms with E-state index in [1.165, 1.54) is 5.56 Å². The second kappa shape index (κ2) is 4.21. The first kappa shape index (κ1) is 10.5. The quantitative estimate of drug-likeness (QED) is 0.786. The smallest absolute Gasteiger partial charge is 0.122 e. The molecule has 1 aliphatic rings. The average molecular weight is 206 g/mol. The Hall–Kier alpha value is -1.06. The number of para-hydroxylation sites is 1. The lowest BCUT2D eigenvalue weighted by atomic mass is 9.94. The highest BCUT2D eigenvalue weighted by atomic mass is 16.5. The van der Waals surface area contributed by atoms with Gasteiger partial charge in [0.25, 0.3) is 0 Å². The van der Waals surface area contributed by atoms with Crippen LogP contribution >= 0.6 is 0 Å². The largest absolute Gasteiger partial charge is 0.496 e. The van der Waals surface area contributed by atoms with Gasteiger partial charge >= 0.3 is 0 Å². The molecule has 2 rings (SSSR count). The van der Waals surface area contributed by atoms with E-state index in [0.29, 0.717) is 5.92 Å². The molecule has 0 amide bonds. The third-order valence-corrected chi connectivity index (χ3v) is 3.09. The van der Waals surface area contributed by atoms with Crippen LogP contribution in [0.25, 0.3) is 0 Å². The first-order valence-corrected chi connectivity index (χ1v) is 5.29. The van der Waals surface area contributed by atoms with Crippen molar-refractivity contribution in [1.29, 1.82) is 0 Å². The van der Waals surface area contributed by atoms with Gasteiger partial charge in [0.05, 0.1) is 7.11 Å². The molecule has 0 saturated carbocycles. The van der Waals surface area contributed by atoms with Crippen LogP contribution in [0.4, 0.5) is 0 Å². The van der Waals surface area contributed by atoms with Crippen LogP contribution in [0.5, 0.6) is 5.75 Å². The fourth-order valence-electron chi connectivity index (χ4n) is 2.33. The van der Waals surface area contributed by atoms with Crippen molar-refractivity contribution in [2.24, 2.45) is 5.73 Å². The van der Waals surface area contributed by atoms with Crippen LogP contribution in [-0.2, 0) is 0 Å². The maximum Gasteiger partial charge on any atom is 0.122 e. The number of ether oxygens (including phenoxy) is 1. The van der Waals surface area contributed by atoms with Crippen molar-refractivity contribution >= 4 is 0 Å². The van der Waals surface area contributed by atoms with Crippen molar-refractivity contribution in [2.45, 2.75) is 12.0 Å². The zero-order valence-corrected chi connectivity index (χ0v) is 9.31. The molecule has 1 aromatic carbocycles. The minimum absolute atomic E-state index is 0.214. The lowest BCUT2D eigenvalue weighted by molar-refractivity contribution is 0.395. The predicted octanol–water partition coefficient (Wildman–Crippen LogP) is 1.05. The molecule has 0 aromatic heterocycles. The molecule has 2 N–H and O–H groups in total. The highest BCUT2D eigenvalue weighted by Gasteiger charge is 2.30. The standard InChI is InChI=1S/C12H18N2O/c1-14-7-10(11(13)8-14)9-5-3-4-6-12(9)15-2/h3-6,10-11H,7-8,13H2,1-2H3/t10-,11+/m1/s1. The summed E-state index contributed by atoms with van der Waals surface area (Å²) < 4.78 is 5.37. The second-order valence-electron chi connectivity index (χ2n) is 4.23. The van der Waals surface area contributed by atoms with E-state index < -0.39 is 0 Å². The van der Waals surface area contributed by atoms with Crippen LogP contribution in [-0.4, -0.2) is 38.2 Å². The van der Waals surface area contributed by atoms with Gasteiger partial charge in [-0.2, -0.15) is 0 Å². The van der Waals surface area contributed by atoms with Gasteiger partial charge in [0.1, 0.15) is 5.75 Å². The van der Waals surface area contributed by atoms with Gasteiger partial charge in [0.2, 0.25) is 0 Å².